The van der Waals surface area contributed by atoms with Crippen LogP contribution in [0.25, 0.3) is 0 Å². The molecule has 6 nitrogen and oxygen atoms in total. The van der Waals surface area contributed by atoms with Crippen molar-refractivity contribution in [3.05, 3.63) is 34.4 Å². The molecule has 2 N–H and O–H groups in total. The fraction of sp³-hybridized carbons (Fsp3) is 0.417. The lowest BCUT2D eigenvalue weighted by molar-refractivity contribution is 0.766. The Balaban J connectivity index is 1.99. The van der Waals surface area contributed by atoms with Crippen LogP contribution in [0.5, 0.6) is 0 Å². The van der Waals surface area contributed by atoms with Crippen LogP contribution in [0.3, 0.4) is 0 Å². The summed E-state index contributed by atoms with van der Waals surface area (Å²) in [6, 6.07) is 3.99. The smallest absolute Gasteiger partial charge is 0.343 e. The number of aromatic nitrogens is 4. The third-order valence-corrected chi connectivity index (χ3v) is 3.69. The van der Waals surface area contributed by atoms with Gasteiger partial charge in [-0.3, -0.25) is 4.57 Å². The zero-order valence-electron chi connectivity index (χ0n) is 11.0. The molecule has 2 heterocycles. The molecule has 2 aromatic rings. The Labute approximate surface area is 115 Å². The van der Waals surface area contributed by atoms with Crippen molar-refractivity contribution in [1.29, 1.82) is 0 Å². The van der Waals surface area contributed by atoms with Crippen LogP contribution in [0.2, 0.25) is 0 Å². The van der Waals surface area contributed by atoms with E-state index in [1.807, 2.05) is 12.1 Å². The number of hydrogen-bond acceptors (Lipinski definition) is 5. The maximum absolute atomic E-state index is 11.2. The van der Waals surface area contributed by atoms with E-state index < -0.39 is 0 Å². The Kier molecular flexibility index (Phi) is 4.62. The van der Waals surface area contributed by atoms with Crippen LogP contribution in [0, 0.1) is 0 Å². The van der Waals surface area contributed by atoms with Gasteiger partial charge in [0.1, 0.15) is 5.82 Å². The predicted molar refractivity (Wildman–Crippen MR) is 76.4 cm³/mol. The molecule has 0 unspecified atom stereocenters. The molecule has 7 heteroatoms. The quantitative estimate of drug-likeness (QED) is 0.786. The first kappa shape index (κ1) is 13.7. The average Bonchev–Trinajstić information content (AvgIpc) is 2.75. The zero-order valence-corrected chi connectivity index (χ0v) is 11.8. The minimum atomic E-state index is -0.192. The van der Waals surface area contributed by atoms with Crippen LogP contribution in [0.1, 0.15) is 18.9 Å². The number of nitrogens with one attached hydrogen (secondary N) is 2. The molecule has 0 amide bonds. The maximum atomic E-state index is 11.2. The highest BCUT2D eigenvalue weighted by atomic mass is 32.2. The average molecular weight is 279 g/mol. The molecule has 2 rings (SSSR count). The number of H-pyrrole nitrogens is 1. The van der Waals surface area contributed by atoms with E-state index in [9.17, 15) is 4.79 Å². The first-order valence-electron chi connectivity index (χ1n) is 6.13. The highest BCUT2D eigenvalue weighted by molar-refractivity contribution is 7.98. The number of pyridine rings is 1. The van der Waals surface area contributed by atoms with Gasteiger partial charge in [0.15, 0.2) is 5.16 Å². The van der Waals surface area contributed by atoms with Crippen molar-refractivity contribution in [1.82, 2.24) is 19.7 Å². The molecule has 0 atom stereocenters. The summed E-state index contributed by atoms with van der Waals surface area (Å²) in [5.74, 6) is 1.64. The highest BCUT2D eigenvalue weighted by Gasteiger charge is 2.05. The van der Waals surface area contributed by atoms with Crippen LogP contribution in [-0.4, -0.2) is 26.3 Å². The number of thioether (sulfide) groups is 1. The van der Waals surface area contributed by atoms with Crippen molar-refractivity contribution in [2.45, 2.75) is 24.3 Å². The van der Waals surface area contributed by atoms with E-state index in [1.54, 1.807) is 13.2 Å². The monoisotopic (exact) mass is 279 g/mol. The number of hydrogen-bond donors (Lipinski definition) is 2. The minimum Gasteiger partial charge on any atom is -0.370 e. The highest BCUT2D eigenvalue weighted by Crippen LogP contribution is 2.20. The van der Waals surface area contributed by atoms with Crippen molar-refractivity contribution in [2.24, 2.45) is 7.05 Å². The van der Waals surface area contributed by atoms with Gasteiger partial charge in [0.05, 0.1) is 0 Å². The third-order valence-electron chi connectivity index (χ3n) is 2.59. The Hall–Kier alpha value is -1.76. The second kappa shape index (κ2) is 6.42. The number of nitrogens with zero attached hydrogens (tertiary/aromatic N) is 3. The largest absolute Gasteiger partial charge is 0.370 e. The van der Waals surface area contributed by atoms with E-state index in [0.29, 0.717) is 5.16 Å². The Morgan fingerprint density at radius 1 is 1.53 bits per heavy atom. The minimum absolute atomic E-state index is 0.192. The fourth-order valence-corrected chi connectivity index (χ4v) is 2.39. The predicted octanol–water partition coefficient (Wildman–Crippen LogP) is 1.62. The van der Waals surface area contributed by atoms with Crippen LogP contribution < -0.4 is 11.0 Å². The van der Waals surface area contributed by atoms with Gasteiger partial charge >= 0.3 is 5.69 Å². The van der Waals surface area contributed by atoms with E-state index in [2.05, 4.69) is 27.4 Å². The summed E-state index contributed by atoms with van der Waals surface area (Å²) in [6.45, 7) is 3.03. The third kappa shape index (κ3) is 3.60. The van der Waals surface area contributed by atoms with Crippen molar-refractivity contribution < 1.29 is 0 Å². The lowest BCUT2D eigenvalue weighted by Gasteiger charge is -2.06. The molecule has 0 fully saturated rings. The summed E-state index contributed by atoms with van der Waals surface area (Å²) in [5, 5.41) is 10.3. The molecule has 0 saturated carbocycles. The number of anilines is 1. The fourth-order valence-electron chi connectivity index (χ4n) is 1.52. The number of aromatic amines is 1. The molecule has 0 bridgehead atoms. The SMILES string of the molecule is CCCNc1cc(CSc2n[nH]c(=O)n2C)ccn1. The lowest BCUT2D eigenvalue weighted by Crippen LogP contribution is -2.12. The van der Waals surface area contributed by atoms with E-state index in [0.717, 1.165) is 30.1 Å². The Bertz CT molecular complexity index is 592. The van der Waals surface area contributed by atoms with Crippen molar-refractivity contribution >= 4 is 17.6 Å². The summed E-state index contributed by atoms with van der Waals surface area (Å²) in [7, 11) is 1.70. The standard InChI is InChI=1S/C12H17N5OS/c1-3-5-13-10-7-9(4-6-14-10)8-19-12-16-15-11(18)17(12)2/h4,6-7H,3,5,8H2,1-2H3,(H,13,14)(H,15,18). The summed E-state index contributed by atoms with van der Waals surface area (Å²) >= 11 is 1.52. The van der Waals surface area contributed by atoms with Crippen LogP contribution >= 0.6 is 11.8 Å². The lowest BCUT2D eigenvalue weighted by atomic mass is 10.3. The maximum Gasteiger partial charge on any atom is 0.343 e. The van der Waals surface area contributed by atoms with Gasteiger partial charge in [0.25, 0.3) is 0 Å². The van der Waals surface area contributed by atoms with Gasteiger partial charge in [-0.05, 0) is 24.1 Å². The van der Waals surface area contributed by atoms with Gasteiger partial charge in [-0.2, -0.15) is 0 Å². The topological polar surface area (TPSA) is 75.6 Å². The summed E-state index contributed by atoms with van der Waals surface area (Å²) in [6.07, 6.45) is 2.85. The molecule has 0 aliphatic heterocycles. The van der Waals surface area contributed by atoms with Gasteiger partial charge < -0.3 is 5.32 Å². The van der Waals surface area contributed by atoms with Crippen LogP contribution in [0.15, 0.2) is 28.3 Å². The molecule has 0 spiro atoms. The van der Waals surface area contributed by atoms with Crippen molar-refractivity contribution in [3.8, 4) is 0 Å². The van der Waals surface area contributed by atoms with Gasteiger partial charge in [-0.25, -0.2) is 14.9 Å². The van der Waals surface area contributed by atoms with Crippen molar-refractivity contribution in [2.75, 3.05) is 11.9 Å². The molecule has 2 aromatic heterocycles. The molecule has 102 valence electrons. The van der Waals surface area contributed by atoms with E-state index >= 15 is 0 Å². The molecule has 0 aromatic carbocycles. The van der Waals surface area contributed by atoms with Crippen LogP contribution in [0.4, 0.5) is 5.82 Å². The van der Waals surface area contributed by atoms with E-state index in [-0.39, 0.29) is 5.69 Å². The molecule has 0 radical (unpaired) electrons. The zero-order chi connectivity index (χ0) is 13.7. The second-order valence-electron chi connectivity index (χ2n) is 4.14. The summed E-state index contributed by atoms with van der Waals surface area (Å²) in [5.41, 5.74) is 0.955. The van der Waals surface area contributed by atoms with Gasteiger partial charge in [-0.15, -0.1) is 5.10 Å². The first-order chi connectivity index (χ1) is 9.20. The molecular formula is C12H17N5OS. The molecule has 0 saturated heterocycles. The van der Waals surface area contributed by atoms with E-state index in [1.165, 1.54) is 16.3 Å². The van der Waals surface area contributed by atoms with E-state index in [4.69, 9.17) is 0 Å². The van der Waals surface area contributed by atoms with Crippen molar-refractivity contribution in [3.63, 3.8) is 0 Å². The Morgan fingerprint density at radius 3 is 3.05 bits per heavy atom. The number of rotatable bonds is 6. The summed E-state index contributed by atoms with van der Waals surface area (Å²) < 4.78 is 1.50. The molecular weight excluding hydrogens is 262 g/mol. The molecule has 19 heavy (non-hydrogen) atoms. The second-order valence-corrected chi connectivity index (χ2v) is 5.08. The summed E-state index contributed by atoms with van der Waals surface area (Å²) in [4.78, 5) is 15.5. The van der Waals surface area contributed by atoms with Gasteiger partial charge in [0, 0.05) is 25.5 Å². The normalized spacial score (nSPS) is 10.6. The first-order valence-corrected chi connectivity index (χ1v) is 7.12. The van der Waals surface area contributed by atoms with Gasteiger partial charge in [0.2, 0.25) is 0 Å². The van der Waals surface area contributed by atoms with Gasteiger partial charge in [-0.1, -0.05) is 18.7 Å². The molecule has 0 aliphatic carbocycles. The molecule has 0 aliphatic rings. The Morgan fingerprint density at radius 2 is 2.37 bits per heavy atom. The van der Waals surface area contributed by atoms with Crippen LogP contribution in [-0.2, 0) is 12.8 Å².